The molecule has 1 amide bonds. The number of hydrogen-bond donors (Lipinski definition) is 0. The first-order valence-corrected chi connectivity index (χ1v) is 12.1. The Labute approximate surface area is 183 Å². The van der Waals surface area contributed by atoms with E-state index in [-0.39, 0.29) is 24.8 Å². The molecule has 1 aliphatic heterocycles. The van der Waals surface area contributed by atoms with Crippen molar-refractivity contribution >= 4 is 15.7 Å². The summed E-state index contributed by atoms with van der Waals surface area (Å²) < 4.78 is 31.1. The second-order valence-corrected chi connectivity index (χ2v) is 9.92. The van der Waals surface area contributed by atoms with E-state index in [0.29, 0.717) is 18.7 Å². The fourth-order valence-corrected chi connectivity index (χ4v) is 5.64. The highest BCUT2D eigenvalue weighted by atomic mass is 32.2. The molecular formula is C25H25NO4S. The molecule has 3 aromatic carbocycles. The molecule has 1 aliphatic rings. The first-order chi connectivity index (χ1) is 15.0. The zero-order chi connectivity index (χ0) is 21.7. The average Bonchev–Trinajstić information content (AvgIpc) is 2.97. The summed E-state index contributed by atoms with van der Waals surface area (Å²) >= 11 is 0. The molecule has 0 aromatic heterocycles. The first kappa shape index (κ1) is 21.1. The summed E-state index contributed by atoms with van der Waals surface area (Å²) in [6, 6.07) is 26.8. The smallest absolute Gasteiger partial charge is 0.260 e. The van der Waals surface area contributed by atoms with Gasteiger partial charge in [0.25, 0.3) is 5.91 Å². The molecule has 4 rings (SSSR count). The molecule has 0 saturated carbocycles. The van der Waals surface area contributed by atoms with Crippen LogP contribution in [-0.2, 0) is 14.6 Å². The number of ether oxygens (including phenoxy) is 1. The Bertz CT molecular complexity index is 1110. The van der Waals surface area contributed by atoms with Crippen LogP contribution in [0.2, 0.25) is 0 Å². The number of carbonyl (C=O) groups is 1. The molecule has 0 radical (unpaired) electrons. The minimum atomic E-state index is -3.31. The van der Waals surface area contributed by atoms with Gasteiger partial charge >= 0.3 is 0 Å². The maximum absolute atomic E-state index is 12.7. The average molecular weight is 436 g/mol. The Hall–Kier alpha value is -3.12. The van der Waals surface area contributed by atoms with E-state index < -0.39 is 15.1 Å². The Morgan fingerprint density at radius 2 is 1.45 bits per heavy atom. The SMILES string of the molecule is O=C(COc1ccc(-c2ccccc2)cc1)N1CCC(c2ccccc2)S(=O)(=O)CC1. The lowest BCUT2D eigenvalue weighted by Crippen LogP contribution is -2.37. The first-order valence-electron chi connectivity index (χ1n) is 10.4. The normalized spacial score (nSPS) is 18.2. The third-order valence-electron chi connectivity index (χ3n) is 5.59. The van der Waals surface area contributed by atoms with E-state index in [2.05, 4.69) is 0 Å². The maximum Gasteiger partial charge on any atom is 0.260 e. The summed E-state index contributed by atoms with van der Waals surface area (Å²) in [5.74, 6) is 0.373. The van der Waals surface area contributed by atoms with Crippen molar-refractivity contribution in [2.24, 2.45) is 0 Å². The van der Waals surface area contributed by atoms with Gasteiger partial charge in [0.1, 0.15) is 5.75 Å². The zero-order valence-corrected chi connectivity index (χ0v) is 18.0. The largest absolute Gasteiger partial charge is 0.484 e. The molecule has 1 atom stereocenters. The third kappa shape index (κ3) is 5.14. The molecule has 31 heavy (non-hydrogen) atoms. The number of rotatable bonds is 5. The minimum Gasteiger partial charge on any atom is -0.484 e. The van der Waals surface area contributed by atoms with Gasteiger partial charge in [-0.1, -0.05) is 72.8 Å². The molecule has 160 valence electrons. The van der Waals surface area contributed by atoms with Crippen molar-refractivity contribution < 1.29 is 17.9 Å². The van der Waals surface area contributed by atoms with Gasteiger partial charge in [0.15, 0.2) is 16.4 Å². The van der Waals surface area contributed by atoms with E-state index in [1.54, 1.807) is 4.90 Å². The van der Waals surface area contributed by atoms with E-state index in [9.17, 15) is 13.2 Å². The topological polar surface area (TPSA) is 63.7 Å². The van der Waals surface area contributed by atoms with E-state index in [1.807, 2.05) is 84.9 Å². The predicted molar refractivity (Wildman–Crippen MR) is 122 cm³/mol. The fraction of sp³-hybridized carbons (Fsp3) is 0.240. The number of nitrogens with zero attached hydrogens (tertiary/aromatic N) is 1. The van der Waals surface area contributed by atoms with Gasteiger partial charge in [0.2, 0.25) is 0 Å². The molecule has 1 unspecified atom stereocenters. The molecule has 3 aromatic rings. The van der Waals surface area contributed by atoms with Crippen LogP contribution in [0.1, 0.15) is 17.2 Å². The highest BCUT2D eigenvalue weighted by Gasteiger charge is 2.32. The number of hydrogen-bond acceptors (Lipinski definition) is 4. The number of amides is 1. The van der Waals surface area contributed by atoms with Gasteiger partial charge in [-0.25, -0.2) is 8.42 Å². The molecule has 0 bridgehead atoms. The quantitative estimate of drug-likeness (QED) is 0.605. The predicted octanol–water partition coefficient (Wildman–Crippen LogP) is 4.12. The van der Waals surface area contributed by atoms with Crippen LogP contribution in [0.15, 0.2) is 84.9 Å². The van der Waals surface area contributed by atoms with Crippen LogP contribution in [0.3, 0.4) is 0 Å². The van der Waals surface area contributed by atoms with E-state index >= 15 is 0 Å². The van der Waals surface area contributed by atoms with Crippen molar-refractivity contribution in [2.45, 2.75) is 11.7 Å². The van der Waals surface area contributed by atoms with Crippen molar-refractivity contribution in [3.8, 4) is 16.9 Å². The van der Waals surface area contributed by atoms with E-state index in [4.69, 9.17) is 4.74 Å². The Morgan fingerprint density at radius 1 is 0.839 bits per heavy atom. The second kappa shape index (κ2) is 9.35. The summed E-state index contributed by atoms with van der Waals surface area (Å²) in [6.45, 7) is 0.482. The van der Waals surface area contributed by atoms with Gasteiger partial charge in [-0.3, -0.25) is 4.79 Å². The summed E-state index contributed by atoms with van der Waals surface area (Å²) in [6.07, 6.45) is 0.393. The zero-order valence-electron chi connectivity index (χ0n) is 17.2. The Balaban J connectivity index is 1.36. The molecule has 0 spiro atoms. The van der Waals surface area contributed by atoms with Gasteiger partial charge in [-0.15, -0.1) is 0 Å². The third-order valence-corrected chi connectivity index (χ3v) is 7.71. The standard InChI is InChI=1S/C25H25NO4S/c27-25(19-30-23-13-11-21(12-14-23)20-7-3-1-4-8-20)26-16-15-24(31(28,29)18-17-26)22-9-5-2-6-10-22/h1-14,24H,15-19H2. The highest BCUT2D eigenvalue weighted by molar-refractivity contribution is 7.91. The molecule has 0 aliphatic carbocycles. The van der Waals surface area contributed by atoms with Crippen LogP contribution < -0.4 is 4.74 Å². The summed E-state index contributed by atoms with van der Waals surface area (Å²) in [7, 11) is -3.31. The van der Waals surface area contributed by atoms with Crippen molar-refractivity contribution in [1.82, 2.24) is 4.90 Å². The van der Waals surface area contributed by atoms with E-state index in [1.165, 1.54) is 0 Å². The lowest BCUT2D eigenvalue weighted by atomic mass is 10.1. The summed E-state index contributed by atoms with van der Waals surface area (Å²) in [4.78, 5) is 14.3. The number of sulfone groups is 1. The minimum absolute atomic E-state index is 0.0376. The number of benzene rings is 3. The fourth-order valence-electron chi connectivity index (χ4n) is 3.85. The lowest BCUT2D eigenvalue weighted by molar-refractivity contribution is -0.133. The highest BCUT2D eigenvalue weighted by Crippen LogP contribution is 2.29. The van der Waals surface area contributed by atoms with Gasteiger partial charge < -0.3 is 9.64 Å². The molecule has 1 fully saturated rings. The van der Waals surface area contributed by atoms with Crippen molar-refractivity contribution in [3.05, 3.63) is 90.5 Å². The van der Waals surface area contributed by atoms with Crippen LogP contribution in [0.5, 0.6) is 5.75 Å². The molecule has 1 saturated heterocycles. The summed E-state index contributed by atoms with van der Waals surface area (Å²) in [5.41, 5.74) is 2.97. The van der Waals surface area contributed by atoms with E-state index in [0.717, 1.165) is 16.7 Å². The molecule has 6 heteroatoms. The lowest BCUT2D eigenvalue weighted by Gasteiger charge is -2.20. The second-order valence-electron chi connectivity index (χ2n) is 7.61. The van der Waals surface area contributed by atoms with Gasteiger partial charge in [0, 0.05) is 13.1 Å². The number of carbonyl (C=O) groups excluding carboxylic acids is 1. The maximum atomic E-state index is 12.7. The van der Waals surface area contributed by atoms with Gasteiger partial charge in [0.05, 0.1) is 11.0 Å². The molecule has 1 heterocycles. The van der Waals surface area contributed by atoms with Crippen molar-refractivity contribution in [2.75, 3.05) is 25.4 Å². The Kier molecular flexibility index (Phi) is 6.37. The van der Waals surface area contributed by atoms with Crippen molar-refractivity contribution in [1.29, 1.82) is 0 Å². The van der Waals surface area contributed by atoms with Crippen LogP contribution in [0.4, 0.5) is 0 Å². The molecule has 5 nitrogen and oxygen atoms in total. The summed E-state index contributed by atoms with van der Waals surface area (Å²) in [5, 5.41) is -0.571. The molecular weight excluding hydrogens is 410 g/mol. The Morgan fingerprint density at radius 3 is 2.13 bits per heavy atom. The van der Waals surface area contributed by atoms with Crippen LogP contribution in [0.25, 0.3) is 11.1 Å². The monoisotopic (exact) mass is 435 g/mol. The van der Waals surface area contributed by atoms with Gasteiger partial charge in [-0.05, 0) is 35.2 Å². The molecule has 0 N–H and O–H groups in total. The van der Waals surface area contributed by atoms with Crippen molar-refractivity contribution in [3.63, 3.8) is 0 Å². The van der Waals surface area contributed by atoms with Crippen LogP contribution >= 0.6 is 0 Å². The van der Waals surface area contributed by atoms with Crippen LogP contribution in [0, 0.1) is 0 Å². The van der Waals surface area contributed by atoms with Crippen LogP contribution in [-0.4, -0.2) is 44.7 Å². The van der Waals surface area contributed by atoms with Gasteiger partial charge in [-0.2, -0.15) is 0 Å².